The van der Waals surface area contributed by atoms with Crippen LogP contribution in [-0.4, -0.2) is 36.2 Å². The molecule has 1 aromatic rings. The molecule has 20 heavy (non-hydrogen) atoms. The van der Waals surface area contributed by atoms with E-state index in [4.69, 9.17) is 11.6 Å². The average molecular weight is 407 g/mol. The van der Waals surface area contributed by atoms with Crippen LogP contribution in [0.25, 0.3) is 0 Å². The molecule has 1 heterocycles. The van der Waals surface area contributed by atoms with Gasteiger partial charge in [-0.05, 0) is 28.4 Å². The Balaban J connectivity index is 0.00000180. The lowest BCUT2D eigenvalue weighted by atomic mass is 10.0. The molecule has 1 aliphatic heterocycles. The molecule has 3 nitrogen and oxygen atoms in total. The molecule has 0 spiro atoms. The van der Waals surface area contributed by atoms with E-state index in [0.29, 0.717) is 9.50 Å². The second-order valence-electron chi connectivity index (χ2n) is 4.51. The first-order chi connectivity index (χ1) is 8.65. The van der Waals surface area contributed by atoms with Gasteiger partial charge < -0.3 is 10.4 Å². The molecule has 0 aliphatic carbocycles. The Morgan fingerprint density at radius 2 is 1.95 bits per heavy atom. The number of hydrogen-bond donors (Lipinski definition) is 2. The predicted molar refractivity (Wildman–Crippen MR) is 92.8 cm³/mol. The number of halogens is 4. The Morgan fingerprint density at radius 3 is 2.50 bits per heavy atom. The Hall–Kier alpha value is 0.290. The maximum absolute atomic E-state index is 10.2. The molecule has 1 aliphatic rings. The highest BCUT2D eigenvalue weighted by Crippen LogP contribution is 2.39. The largest absolute Gasteiger partial charge is 0.506 e. The average Bonchev–Trinajstić information content (AvgIpc) is 2.41. The van der Waals surface area contributed by atoms with E-state index in [0.717, 1.165) is 38.2 Å². The summed E-state index contributed by atoms with van der Waals surface area (Å²) >= 11 is 9.33. The zero-order chi connectivity index (χ0) is 13.1. The van der Waals surface area contributed by atoms with Gasteiger partial charge in [0.25, 0.3) is 0 Å². The maximum Gasteiger partial charge on any atom is 0.136 e. The molecule has 2 rings (SSSR count). The Morgan fingerprint density at radius 1 is 1.35 bits per heavy atom. The van der Waals surface area contributed by atoms with Crippen LogP contribution in [0.3, 0.4) is 0 Å². The zero-order valence-corrected chi connectivity index (χ0v) is 15.2. The van der Waals surface area contributed by atoms with Crippen molar-refractivity contribution in [2.24, 2.45) is 0 Å². The first-order valence-electron chi connectivity index (χ1n) is 6.26. The van der Waals surface area contributed by atoms with Crippen LogP contribution in [0.1, 0.15) is 24.9 Å². The quantitative estimate of drug-likeness (QED) is 0.796. The van der Waals surface area contributed by atoms with Gasteiger partial charge in [0.05, 0.1) is 9.50 Å². The molecule has 1 atom stereocenters. The van der Waals surface area contributed by atoms with Crippen molar-refractivity contribution in [3.63, 3.8) is 0 Å². The number of hydrogen-bond acceptors (Lipinski definition) is 3. The topological polar surface area (TPSA) is 35.5 Å². The van der Waals surface area contributed by atoms with Crippen LogP contribution in [0, 0.1) is 0 Å². The van der Waals surface area contributed by atoms with Gasteiger partial charge in [0.15, 0.2) is 0 Å². The van der Waals surface area contributed by atoms with Crippen molar-refractivity contribution >= 4 is 52.3 Å². The van der Waals surface area contributed by atoms with Crippen molar-refractivity contribution in [1.82, 2.24) is 10.2 Å². The molecule has 1 fully saturated rings. The Bertz CT molecular complexity index is 428. The fourth-order valence-electron chi connectivity index (χ4n) is 2.49. The normalized spacial score (nSPS) is 16.9. The van der Waals surface area contributed by atoms with Gasteiger partial charge in [0, 0.05) is 37.8 Å². The molecule has 116 valence electrons. The van der Waals surface area contributed by atoms with Gasteiger partial charge in [-0.25, -0.2) is 0 Å². The summed E-state index contributed by atoms with van der Waals surface area (Å²) in [6.07, 6.45) is 0.974. The SMILES string of the molecule is CC[C@H](c1ccc(Cl)c(Br)c1O)N1CCNCC1.Cl.Cl. The highest BCUT2D eigenvalue weighted by atomic mass is 79.9. The molecule has 1 saturated heterocycles. The second-order valence-corrected chi connectivity index (χ2v) is 5.71. The van der Waals surface area contributed by atoms with Crippen LogP contribution in [0.5, 0.6) is 5.75 Å². The molecule has 7 heteroatoms. The number of piperazine rings is 1. The first kappa shape index (κ1) is 20.3. The first-order valence-corrected chi connectivity index (χ1v) is 7.44. The minimum Gasteiger partial charge on any atom is -0.506 e. The van der Waals surface area contributed by atoms with Crippen molar-refractivity contribution < 1.29 is 5.11 Å². The van der Waals surface area contributed by atoms with Gasteiger partial charge in [-0.1, -0.05) is 24.6 Å². The summed E-state index contributed by atoms with van der Waals surface area (Å²) in [5, 5.41) is 14.1. The monoisotopic (exact) mass is 404 g/mol. The van der Waals surface area contributed by atoms with Crippen LogP contribution in [0.4, 0.5) is 0 Å². The predicted octanol–water partition coefficient (Wildman–Crippen LogP) is 4.01. The fraction of sp³-hybridized carbons (Fsp3) is 0.538. The van der Waals surface area contributed by atoms with E-state index < -0.39 is 0 Å². The number of rotatable bonds is 3. The lowest BCUT2D eigenvalue weighted by molar-refractivity contribution is 0.167. The minimum absolute atomic E-state index is 0. The standard InChI is InChI=1S/C13H18BrClN2O.2ClH/c1-2-11(17-7-5-16-6-8-17)9-3-4-10(15)12(14)13(9)18;;/h3-4,11,16,18H,2,5-8H2,1H3;2*1H/t11-;;/m1../s1. The van der Waals surface area contributed by atoms with E-state index in [9.17, 15) is 5.11 Å². The zero-order valence-electron chi connectivity index (χ0n) is 11.2. The molecular weight excluding hydrogens is 386 g/mol. The third kappa shape index (κ3) is 4.39. The van der Waals surface area contributed by atoms with E-state index in [1.165, 1.54) is 0 Å². The molecule has 0 aromatic heterocycles. The molecule has 0 saturated carbocycles. The molecule has 0 radical (unpaired) electrons. The van der Waals surface area contributed by atoms with Gasteiger partial charge in [-0.3, -0.25) is 4.90 Å². The van der Waals surface area contributed by atoms with Crippen molar-refractivity contribution in [2.75, 3.05) is 26.2 Å². The summed E-state index contributed by atoms with van der Waals surface area (Å²) in [6, 6.07) is 4.02. The van der Waals surface area contributed by atoms with Gasteiger partial charge in [-0.2, -0.15) is 0 Å². The molecule has 0 bridgehead atoms. The summed E-state index contributed by atoms with van der Waals surface area (Å²) in [5.41, 5.74) is 0.954. The number of phenols is 1. The van der Waals surface area contributed by atoms with E-state index in [2.05, 4.69) is 33.1 Å². The van der Waals surface area contributed by atoms with Crippen LogP contribution in [0.15, 0.2) is 16.6 Å². The smallest absolute Gasteiger partial charge is 0.136 e. The highest BCUT2D eigenvalue weighted by Gasteiger charge is 2.24. The maximum atomic E-state index is 10.2. The molecular formula is C13H20BrCl3N2O. The van der Waals surface area contributed by atoms with Crippen LogP contribution in [-0.2, 0) is 0 Å². The minimum atomic E-state index is 0. The van der Waals surface area contributed by atoms with Crippen LogP contribution < -0.4 is 5.32 Å². The van der Waals surface area contributed by atoms with Crippen LogP contribution >= 0.6 is 52.3 Å². The summed E-state index contributed by atoms with van der Waals surface area (Å²) in [4.78, 5) is 2.41. The van der Waals surface area contributed by atoms with E-state index >= 15 is 0 Å². The van der Waals surface area contributed by atoms with Gasteiger partial charge in [0.2, 0.25) is 0 Å². The number of nitrogens with zero attached hydrogens (tertiary/aromatic N) is 1. The third-order valence-electron chi connectivity index (χ3n) is 3.44. The summed E-state index contributed by atoms with van der Waals surface area (Å²) in [6.45, 7) is 6.18. The van der Waals surface area contributed by atoms with E-state index in [1.807, 2.05) is 12.1 Å². The van der Waals surface area contributed by atoms with Gasteiger partial charge >= 0.3 is 0 Å². The molecule has 0 amide bonds. The summed E-state index contributed by atoms with van der Waals surface area (Å²) in [5.74, 6) is 0.271. The summed E-state index contributed by atoms with van der Waals surface area (Å²) < 4.78 is 0.593. The number of aromatic hydroxyl groups is 1. The van der Waals surface area contributed by atoms with Gasteiger partial charge in [0.1, 0.15) is 5.75 Å². The number of phenolic OH excluding ortho intramolecular Hbond substituents is 1. The second kappa shape index (κ2) is 9.34. The lowest BCUT2D eigenvalue weighted by Crippen LogP contribution is -2.45. The molecule has 0 unspecified atom stereocenters. The third-order valence-corrected chi connectivity index (χ3v) is 4.78. The molecule has 1 aromatic carbocycles. The van der Waals surface area contributed by atoms with Gasteiger partial charge in [-0.15, -0.1) is 24.8 Å². The summed E-state index contributed by atoms with van der Waals surface area (Å²) in [7, 11) is 0. The Kier molecular flexibility index (Phi) is 9.47. The van der Waals surface area contributed by atoms with E-state index in [1.54, 1.807) is 0 Å². The number of nitrogens with one attached hydrogen (secondary N) is 1. The number of benzene rings is 1. The lowest BCUT2D eigenvalue weighted by Gasteiger charge is -2.35. The van der Waals surface area contributed by atoms with Crippen molar-refractivity contribution in [3.8, 4) is 5.75 Å². The van der Waals surface area contributed by atoms with Crippen molar-refractivity contribution in [3.05, 3.63) is 27.2 Å². The van der Waals surface area contributed by atoms with Crippen LogP contribution in [0.2, 0.25) is 5.02 Å². The Labute approximate surface area is 146 Å². The molecule has 2 N–H and O–H groups in total. The highest BCUT2D eigenvalue weighted by molar-refractivity contribution is 9.10. The van der Waals surface area contributed by atoms with Crippen molar-refractivity contribution in [1.29, 1.82) is 0 Å². The van der Waals surface area contributed by atoms with E-state index in [-0.39, 0.29) is 36.6 Å². The fourth-order valence-corrected chi connectivity index (χ4v) is 3.01. The van der Waals surface area contributed by atoms with Crippen molar-refractivity contribution in [2.45, 2.75) is 19.4 Å².